The molecule has 1 aromatic rings. The van der Waals surface area contributed by atoms with Crippen LogP contribution in [0.15, 0.2) is 18.2 Å². The van der Waals surface area contributed by atoms with E-state index in [0.29, 0.717) is 32.0 Å². The summed E-state index contributed by atoms with van der Waals surface area (Å²) in [5.74, 6) is 0.0367. The second-order valence-corrected chi connectivity index (χ2v) is 9.87. The lowest BCUT2D eigenvalue weighted by molar-refractivity contribution is -0.387. The van der Waals surface area contributed by atoms with Crippen molar-refractivity contribution in [3.05, 3.63) is 33.9 Å². The monoisotopic (exact) mass is 555 g/mol. The number of hydrogen-bond acceptors (Lipinski definition) is 9. The number of nitro benzene ring substituents is 1. The molecule has 0 radical (unpaired) electrons. The topological polar surface area (TPSA) is 119 Å². The van der Waals surface area contributed by atoms with Crippen molar-refractivity contribution in [1.82, 2.24) is 0 Å². The van der Waals surface area contributed by atoms with E-state index in [1.807, 2.05) is 0 Å². The van der Waals surface area contributed by atoms with Crippen molar-refractivity contribution in [3.63, 3.8) is 0 Å². The van der Waals surface area contributed by atoms with Crippen LogP contribution in [0.2, 0.25) is 0 Å². The second-order valence-electron chi connectivity index (χ2n) is 9.87. The molecular weight excluding hydrogens is 506 g/mol. The highest BCUT2D eigenvalue weighted by molar-refractivity contribution is 5.48. The van der Waals surface area contributed by atoms with Crippen molar-refractivity contribution in [2.45, 2.75) is 116 Å². The van der Waals surface area contributed by atoms with E-state index in [2.05, 4.69) is 27.7 Å². The molecule has 1 aliphatic heterocycles. The lowest BCUT2D eigenvalue weighted by Crippen LogP contribution is -2.63. The zero-order valence-electron chi connectivity index (χ0n) is 24.2. The fourth-order valence-electron chi connectivity index (χ4n) is 4.24. The molecule has 1 aromatic carbocycles. The van der Waals surface area contributed by atoms with Gasteiger partial charge in [0, 0.05) is 32.5 Å². The highest BCUT2D eigenvalue weighted by Crippen LogP contribution is 2.35. The summed E-state index contributed by atoms with van der Waals surface area (Å²) in [6.45, 7) is 10.5. The van der Waals surface area contributed by atoms with Gasteiger partial charge in [0.1, 0.15) is 24.4 Å². The normalized spacial score (nSPS) is 23.2. The van der Waals surface area contributed by atoms with Crippen molar-refractivity contribution in [1.29, 1.82) is 0 Å². The molecule has 1 aliphatic rings. The predicted octanol–water partition coefficient (Wildman–Crippen LogP) is 5.56. The van der Waals surface area contributed by atoms with Gasteiger partial charge in [0.05, 0.1) is 18.1 Å². The maximum atomic E-state index is 11.8. The minimum atomic E-state index is -0.988. The molecule has 39 heavy (non-hydrogen) atoms. The van der Waals surface area contributed by atoms with Gasteiger partial charge in [-0.1, -0.05) is 59.4 Å². The Morgan fingerprint density at radius 3 is 1.97 bits per heavy atom. The fourth-order valence-corrected chi connectivity index (χ4v) is 4.24. The van der Waals surface area contributed by atoms with Crippen LogP contribution in [0.3, 0.4) is 0 Å². The molecule has 2 rings (SSSR count). The zero-order valence-corrected chi connectivity index (χ0v) is 24.2. The number of unbranched alkanes of at least 4 members (excludes halogenated alkanes) is 4. The lowest BCUT2D eigenvalue weighted by atomic mass is 9.98. The first-order valence-electron chi connectivity index (χ1n) is 14.6. The molecule has 0 aromatic heterocycles. The molecule has 1 saturated heterocycles. The van der Waals surface area contributed by atoms with Crippen molar-refractivity contribution in [2.75, 3.05) is 33.0 Å². The Labute approximate surface area is 233 Å². The van der Waals surface area contributed by atoms with Crippen LogP contribution in [0.4, 0.5) is 5.69 Å². The number of nitrogens with zero attached hydrogens (tertiary/aromatic N) is 1. The molecule has 224 valence electrons. The van der Waals surface area contributed by atoms with Crippen LogP contribution in [0.1, 0.15) is 84.6 Å². The second kappa shape index (κ2) is 19.3. The predicted molar refractivity (Wildman–Crippen MR) is 148 cm³/mol. The minimum Gasteiger partial charge on any atom is -0.455 e. The Balaban J connectivity index is 2.43. The summed E-state index contributed by atoms with van der Waals surface area (Å²) in [4.78, 5) is 11.3. The standard InChI is InChI=1S/C29H49NO9/c1-5-9-15-34-21-25-26(35-16-10-6-2)27(36-17-11-7-3)28(37-18-12-8-4)29(39-25)38-24-14-13-22(20-31)19-23(24)30(32)33/h13-14,19,25-29,31H,5-12,15-18,20-21H2,1-4H3/t25?,26-,27?,28-,29+/m0/s1. The Hall–Kier alpha value is -1.82. The van der Waals surface area contributed by atoms with Crippen LogP contribution in [-0.4, -0.2) is 73.8 Å². The van der Waals surface area contributed by atoms with E-state index in [1.54, 1.807) is 6.07 Å². The van der Waals surface area contributed by atoms with Crippen molar-refractivity contribution in [2.24, 2.45) is 0 Å². The summed E-state index contributed by atoms with van der Waals surface area (Å²) in [5.41, 5.74) is 0.166. The van der Waals surface area contributed by atoms with Gasteiger partial charge in [-0.25, -0.2) is 0 Å². The van der Waals surface area contributed by atoms with E-state index in [4.69, 9.17) is 28.4 Å². The first kappa shape index (κ1) is 33.4. The van der Waals surface area contributed by atoms with Crippen LogP contribution < -0.4 is 4.74 Å². The van der Waals surface area contributed by atoms with Gasteiger partial charge in [0.25, 0.3) is 0 Å². The maximum Gasteiger partial charge on any atom is 0.311 e. The number of hydrogen-bond donors (Lipinski definition) is 1. The van der Waals surface area contributed by atoms with Crippen molar-refractivity contribution in [3.8, 4) is 5.75 Å². The quantitative estimate of drug-likeness (QED) is 0.118. The van der Waals surface area contributed by atoms with E-state index in [-0.39, 0.29) is 24.7 Å². The van der Waals surface area contributed by atoms with E-state index in [0.717, 1.165) is 51.4 Å². The van der Waals surface area contributed by atoms with Gasteiger partial charge in [-0.15, -0.1) is 0 Å². The lowest BCUT2D eigenvalue weighted by Gasteiger charge is -2.45. The van der Waals surface area contributed by atoms with Crippen molar-refractivity contribution >= 4 is 5.69 Å². The molecule has 0 aliphatic carbocycles. The maximum absolute atomic E-state index is 11.8. The number of aliphatic hydroxyl groups is 1. The van der Waals surface area contributed by atoms with E-state index < -0.39 is 35.6 Å². The third kappa shape index (κ3) is 10.9. The molecule has 1 fully saturated rings. The van der Waals surface area contributed by atoms with E-state index in [9.17, 15) is 15.2 Å². The highest BCUT2D eigenvalue weighted by Gasteiger charge is 2.50. The highest BCUT2D eigenvalue weighted by atomic mass is 16.7. The van der Waals surface area contributed by atoms with Crippen LogP contribution in [0, 0.1) is 10.1 Å². The van der Waals surface area contributed by atoms with Crippen molar-refractivity contribution < 1.29 is 38.5 Å². The largest absolute Gasteiger partial charge is 0.455 e. The SMILES string of the molecule is CCCCOCC1O[C@@H](Oc2ccc(CO)cc2[N+](=O)[O-])[C@@H](OCCCC)C(OCCCC)[C@H]1OCCCC. The number of aliphatic hydroxyl groups excluding tert-OH is 1. The Kier molecular flexibility index (Phi) is 16.5. The molecule has 0 spiro atoms. The zero-order chi connectivity index (χ0) is 28.5. The Morgan fingerprint density at radius 1 is 0.846 bits per heavy atom. The van der Waals surface area contributed by atoms with Gasteiger partial charge >= 0.3 is 5.69 Å². The summed E-state index contributed by atoms with van der Waals surface area (Å²) in [7, 11) is 0. The molecule has 1 heterocycles. The number of nitro groups is 1. The molecule has 10 heteroatoms. The van der Waals surface area contributed by atoms with Gasteiger partial charge in [0.15, 0.2) is 5.75 Å². The minimum absolute atomic E-state index is 0.0367. The third-order valence-electron chi connectivity index (χ3n) is 6.59. The number of benzene rings is 1. The molecule has 0 saturated carbocycles. The van der Waals surface area contributed by atoms with Crippen LogP contribution in [0.25, 0.3) is 0 Å². The van der Waals surface area contributed by atoms with Gasteiger partial charge in [-0.05, 0) is 37.3 Å². The number of rotatable bonds is 21. The first-order valence-corrected chi connectivity index (χ1v) is 14.6. The third-order valence-corrected chi connectivity index (χ3v) is 6.59. The van der Waals surface area contributed by atoms with Gasteiger partial charge < -0.3 is 33.5 Å². The average Bonchev–Trinajstić information content (AvgIpc) is 2.93. The number of ether oxygens (including phenoxy) is 6. The summed E-state index contributed by atoms with van der Waals surface area (Å²) in [5, 5.41) is 21.3. The van der Waals surface area contributed by atoms with Crippen LogP contribution in [-0.2, 0) is 30.3 Å². The van der Waals surface area contributed by atoms with Crippen LogP contribution in [0.5, 0.6) is 5.75 Å². The first-order chi connectivity index (χ1) is 19.0. The van der Waals surface area contributed by atoms with Gasteiger partial charge in [-0.3, -0.25) is 10.1 Å². The molecule has 10 nitrogen and oxygen atoms in total. The summed E-state index contributed by atoms with van der Waals surface area (Å²) in [6, 6.07) is 4.39. The smallest absolute Gasteiger partial charge is 0.311 e. The molecule has 0 bridgehead atoms. The molecular formula is C29H49NO9. The molecule has 1 N–H and O–H groups in total. The summed E-state index contributed by atoms with van der Waals surface area (Å²) >= 11 is 0. The average molecular weight is 556 g/mol. The van der Waals surface area contributed by atoms with Crippen LogP contribution >= 0.6 is 0 Å². The fraction of sp³-hybridized carbons (Fsp3) is 0.793. The summed E-state index contributed by atoms with van der Waals surface area (Å²) < 4.78 is 37.7. The van der Waals surface area contributed by atoms with Gasteiger partial charge in [0.2, 0.25) is 6.29 Å². The molecule has 2 unspecified atom stereocenters. The Bertz CT molecular complexity index is 809. The molecule has 5 atom stereocenters. The molecule has 0 amide bonds. The van der Waals surface area contributed by atoms with Gasteiger partial charge in [-0.2, -0.15) is 0 Å². The van der Waals surface area contributed by atoms with E-state index in [1.165, 1.54) is 12.1 Å². The Morgan fingerprint density at radius 2 is 1.41 bits per heavy atom. The summed E-state index contributed by atoms with van der Waals surface area (Å²) in [6.07, 6.45) is 4.30. The van der Waals surface area contributed by atoms with E-state index >= 15 is 0 Å².